The van der Waals surface area contributed by atoms with Gasteiger partial charge in [-0.1, -0.05) is 192 Å². The van der Waals surface area contributed by atoms with Gasteiger partial charge in [-0.25, -0.2) is 9.97 Å². The number of pyridine rings is 2. The molecule has 2 aliphatic carbocycles. The number of aromatic nitrogens is 2. The average molecular weight is 1200 g/mol. The van der Waals surface area contributed by atoms with Crippen molar-refractivity contribution in [1.82, 2.24) is 9.97 Å². The fourth-order valence-electron chi connectivity index (χ4n) is 9.19. The first-order chi connectivity index (χ1) is 38.6. The molecule has 0 fully saturated rings. The summed E-state index contributed by atoms with van der Waals surface area (Å²) in [6.45, 7) is 39.9. The van der Waals surface area contributed by atoms with Crippen LogP contribution in [0.3, 0.4) is 0 Å². The minimum Gasteiger partial charge on any atom is -0.382 e. The fourth-order valence-corrected chi connectivity index (χ4v) is 9.19. The molecule has 0 bridgehead atoms. The van der Waals surface area contributed by atoms with Crippen LogP contribution in [0.15, 0.2) is 144 Å². The first-order valence-corrected chi connectivity index (χ1v) is 30.7. The van der Waals surface area contributed by atoms with Gasteiger partial charge < -0.3 is 9.47 Å². The number of aliphatic imine (C=N–C) groups is 2. The molecule has 0 atom stereocenters. The molecule has 3 aromatic carbocycles. The number of benzene rings is 3. The van der Waals surface area contributed by atoms with Gasteiger partial charge in [0.15, 0.2) is 0 Å². The van der Waals surface area contributed by atoms with Crippen LogP contribution >= 0.6 is 0 Å². The SMILES string of the molecule is C1=C\CC/C=C\CC/1.C1=C\CC/C=C\CC/1.CC(C)c1cc(C(C)C)c(-c2cccc(C=NCc3ccc(CN=Cc4cccc(-c5c(C(C)C)cc(C(C)C)cc5C(C)C)n4)cc3)n2)c(C(C)C)c1.CCOCC.CCOCC.[Ni].[Ni]. The molecule has 7 rings (SSSR count). The molecular formula is C74H106N4Ni2O2. The van der Waals surface area contributed by atoms with Crippen molar-refractivity contribution in [2.75, 3.05) is 26.4 Å². The number of hydrogen-bond donors (Lipinski definition) is 0. The van der Waals surface area contributed by atoms with E-state index in [-0.39, 0.29) is 33.0 Å². The van der Waals surface area contributed by atoms with Gasteiger partial charge in [-0.2, -0.15) is 0 Å². The van der Waals surface area contributed by atoms with Gasteiger partial charge in [-0.05, 0) is 183 Å². The first kappa shape index (κ1) is 75.2. The van der Waals surface area contributed by atoms with Crippen LogP contribution in [0.25, 0.3) is 22.5 Å². The van der Waals surface area contributed by atoms with Gasteiger partial charge in [-0.15, -0.1) is 0 Å². The van der Waals surface area contributed by atoms with Gasteiger partial charge in [0.2, 0.25) is 0 Å². The second-order valence-electron chi connectivity index (χ2n) is 22.5. The largest absolute Gasteiger partial charge is 0.382 e. The quantitative estimate of drug-likeness (QED) is 0.0498. The molecule has 454 valence electrons. The Balaban J connectivity index is 0.000000981. The Bertz CT molecular complexity index is 2390. The van der Waals surface area contributed by atoms with Gasteiger partial charge in [0.05, 0.1) is 35.9 Å². The minimum absolute atomic E-state index is 0. The number of allylic oxidation sites excluding steroid dienone is 8. The van der Waals surface area contributed by atoms with Crippen molar-refractivity contribution in [3.05, 3.63) is 189 Å². The molecule has 2 heterocycles. The third-order valence-electron chi connectivity index (χ3n) is 13.8. The molecule has 0 unspecified atom stereocenters. The molecule has 5 aromatic rings. The van der Waals surface area contributed by atoms with Crippen LogP contribution in [0.4, 0.5) is 0 Å². The van der Waals surface area contributed by atoms with Crippen molar-refractivity contribution in [2.45, 2.75) is 211 Å². The van der Waals surface area contributed by atoms with E-state index in [0.29, 0.717) is 48.6 Å². The Morgan fingerprint density at radius 1 is 0.378 bits per heavy atom. The summed E-state index contributed by atoms with van der Waals surface area (Å²) in [6, 6.07) is 30.7. The van der Waals surface area contributed by atoms with Crippen molar-refractivity contribution >= 4 is 12.4 Å². The third-order valence-corrected chi connectivity index (χ3v) is 13.8. The van der Waals surface area contributed by atoms with E-state index >= 15 is 0 Å². The number of rotatable bonds is 18. The maximum atomic E-state index is 5.09. The minimum atomic E-state index is 0. The molecule has 0 spiro atoms. The molecule has 2 aliphatic rings. The maximum absolute atomic E-state index is 5.09. The second kappa shape index (κ2) is 43.8. The molecule has 0 saturated heterocycles. The number of ether oxygens (including phenoxy) is 2. The van der Waals surface area contributed by atoms with E-state index in [9.17, 15) is 0 Å². The monoisotopic (exact) mass is 1200 g/mol. The summed E-state index contributed by atoms with van der Waals surface area (Å²) in [4.78, 5) is 19.8. The van der Waals surface area contributed by atoms with Crippen LogP contribution in [0.2, 0.25) is 0 Å². The molecule has 0 amide bonds. The first-order valence-electron chi connectivity index (χ1n) is 30.7. The van der Waals surface area contributed by atoms with Crippen LogP contribution in [0.1, 0.15) is 254 Å². The van der Waals surface area contributed by atoms with Gasteiger partial charge in [0.25, 0.3) is 0 Å². The van der Waals surface area contributed by atoms with Gasteiger partial charge in [0.1, 0.15) is 0 Å². The van der Waals surface area contributed by atoms with E-state index in [1.54, 1.807) is 0 Å². The van der Waals surface area contributed by atoms with E-state index in [2.05, 4.69) is 204 Å². The Morgan fingerprint density at radius 3 is 0.841 bits per heavy atom. The van der Waals surface area contributed by atoms with Crippen LogP contribution in [0.5, 0.6) is 0 Å². The zero-order valence-corrected chi connectivity index (χ0v) is 55.4. The normalized spacial score (nSPS) is 14.6. The maximum Gasteiger partial charge on any atom is 0.0815 e. The van der Waals surface area contributed by atoms with Crippen molar-refractivity contribution in [1.29, 1.82) is 0 Å². The average Bonchev–Trinajstić information content (AvgIpc) is 3.59. The van der Waals surface area contributed by atoms with Gasteiger partial charge in [0, 0.05) is 83.0 Å². The zero-order chi connectivity index (χ0) is 58.7. The summed E-state index contributed by atoms with van der Waals surface area (Å²) in [7, 11) is 0. The molecule has 0 saturated carbocycles. The smallest absolute Gasteiger partial charge is 0.0815 e. The van der Waals surface area contributed by atoms with E-state index < -0.39 is 0 Å². The molecule has 8 heteroatoms. The van der Waals surface area contributed by atoms with Crippen molar-refractivity contribution in [3.8, 4) is 22.5 Å². The van der Waals surface area contributed by atoms with Crippen molar-refractivity contribution < 1.29 is 42.5 Å². The van der Waals surface area contributed by atoms with Crippen LogP contribution < -0.4 is 0 Å². The molecule has 6 nitrogen and oxygen atoms in total. The third kappa shape index (κ3) is 28.2. The standard InChI is InChI=1S/C50H62N4.2C8H12.2C4H10O.2Ni/c1-31(2)39-23-43(33(5)6)49(44(24-39)34(7)8)47-17-13-15-41(53-47)29-51-27-37-19-21-38(22-20-37)28-52-30-42-16-14-18-48(54-42)50-45(35(9)10)25-40(32(3)4)26-46(50)36(11)12;2*1-2-4-6-8-7-5-3-1;2*1-3-5-4-2;;/h13-26,29-36H,27-28H2,1-12H3;2*1-2,7-8H,3-6H2;2*3-4H2,1-2H3;;/b;2*2-1-,8-7-;;;;. The van der Waals surface area contributed by atoms with E-state index in [4.69, 9.17) is 29.4 Å². The molecule has 2 aromatic heterocycles. The summed E-state index contributed by atoms with van der Waals surface area (Å²) >= 11 is 0. The zero-order valence-electron chi connectivity index (χ0n) is 53.5. The second-order valence-corrected chi connectivity index (χ2v) is 22.5. The molecular weight excluding hydrogens is 1090 g/mol. The van der Waals surface area contributed by atoms with Gasteiger partial charge in [-0.3, -0.25) is 9.98 Å². The van der Waals surface area contributed by atoms with Crippen LogP contribution in [-0.2, 0) is 55.5 Å². The van der Waals surface area contributed by atoms with E-state index in [1.807, 2.05) is 52.3 Å². The Hall–Kier alpha value is -4.83. The summed E-state index contributed by atoms with van der Waals surface area (Å²) in [5, 5.41) is 0. The number of hydrogen-bond acceptors (Lipinski definition) is 6. The summed E-state index contributed by atoms with van der Waals surface area (Å²) in [5.74, 6) is 2.58. The molecule has 82 heavy (non-hydrogen) atoms. The Kier molecular flexibility index (Phi) is 40.1. The topological polar surface area (TPSA) is 69.0 Å². The summed E-state index contributed by atoms with van der Waals surface area (Å²) in [6.07, 6.45) is 31.8. The Morgan fingerprint density at radius 2 is 0.634 bits per heavy atom. The number of nitrogens with zero attached hydrogens (tertiary/aromatic N) is 4. The predicted octanol–water partition coefficient (Wildman–Crippen LogP) is 21.2. The Labute approximate surface area is 520 Å². The summed E-state index contributed by atoms with van der Waals surface area (Å²) < 4.78 is 9.67. The van der Waals surface area contributed by atoms with Crippen molar-refractivity contribution in [3.63, 3.8) is 0 Å². The van der Waals surface area contributed by atoms with E-state index in [0.717, 1.165) is 60.3 Å². The fraction of sp³-hybridized carbons (Fsp3) is 0.486. The van der Waals surface area contributed by atoms with Crippen LogP contribution in [-0.4, -0.2) is 48.8 Å². The van der Waals surface area contributed by atoms with Crippen LogP contribution in [0, 0.1) is 0 Å². The molecule has 0 radical (unpaired) electrons. The molecule has 0 aliphatic heterocycles. The van der Waals surface area contributed by atoms with Gasteiger partial charge >= 0.3 is 0 Å². The summed E-state index contributed by atoms with van der Waals surface area (Å²) in [5.41, 5.74) is 16.9. The van der Waals surface area contributed by atoms with E-state index in [1.165, 1.54) is 95.9 Å². The van der Waals surface area contributed by atoms with Crippen molar-refractivity contribution in [2.24, 2.45) is 9.98 Å². The predicted molar refractivity (Wildman–Crippen MR) is 351 cm³/mol. The molecule has 0 N–H and O–H groups in total.